The molecule has 1 fully saturated rings. The molecule has 1 N–H and O–H groups in total. The van der Waals surface area contributed by atoms with Crippen LogP contribution < -0.4 is 4.72 Å². The number of carbonyl (C=O) groups is 1. The van der Waals surface area contributed by atoms with Crippen LogP contribution in [0, 0.1) is 0 Å². The Hall–Kier alpha value is -1.16. The molecule has 0 bridgehead atoms. The molecular formula is C14H20BrN3O4S. The fraction of sp³-hybridized carbons (Fsp3) is 0.500. The van der Waals surface area contributed by atoms with Crippen LogP contribution in [0.15, 0.2) is 33.6 Å². The molecule has 9 heteroatoms. The van der Waals surface area contributed by atoms with E-state index >= 15 is 0 Å². The van der Waals surface area contributed by atoms with Gasteiger partial charge in [0.1, 0.15) is 0 Å². The monoisotopic (exact) mass is 405 g/mol. The lowest BCUT2D eigenvalue weighted by Gasteiger charge is -2.33. The highest BCUT2D eigenvalue weighted by molar-refractivity contribution is 9.10. The quantitative estimate of drug-likeness (QED) is 0.793. The minimum atomic E-state index is -3.49. The van der Waals surface area contributed by atoms with Gasteiger partial charge in [-0.1, -0.05) is 15.9 Å². The van der Waals surface area contributed by atoms with E-state index in [1.54, 1.807) is 29.2 Å². The molecule has 1 aliphatic rings. The SMILES string of the molecule is COC(=O)N1CCN(CCNS(=O)(=O)c2ccc(Br)cc2)CC1. The molecule has 1 saturated heterocycles. The van der Waals surface area contributed by atoms with Crippen molar-refractivity contribution >= 4 is 32.0 Å². The molecule has 0 aromatic heterocycles. The first kappa shape index (κ1) is 18.2. The lowest BCUT2D eigenvalue weighted by atomic mass is 10.3. The van der Waals surface area contributed by atoms with Crippen molar-refractivity contribution in [1.82, 2.24) is 14.5 Å². The van der Waals surface area contributed by atoms with E-state index in [2.05, 4.69) is 30.3 Å². The summed E-state index contributed by atoms with van der Waals surface area (Å²) in [6.45, 7) is 3.52. The summed E-state index contributed by atoms with van der Waals surface area (Å²) < 4.78 is 32.4. The van der Waals surface area contributed by atoms with Gasteiger partial charge in [-0.2, -0.15) is 0 Å². The summed E-state index contributed by atoms with van der Waals surface area (Å²) in [5, 5.41) is 0. The van der Waals surface area contributed by atoms with Crippen LogP contribution in [0.4, 0.5) is 4.79 Å². The van der Waals surface area contributed by atoms with E-state index in [-0.39, 0.29) is 11.0 Å². The third-order valence-corrected chi connectivity index (χ3v) is 5.65. The number of nitrogens with zero attached hydrogens (tertiary/aromatic N) is 2. The van der Waals surface area contributed by atoms with Gasteiger partial charge >= 0.3 is 6.09 Å². The number of sulfonamides is 1. The van der Waals surface area contributed by atoms with Gasteiger partial charge in [0, 0.05) is 43.7 Å². The number of ether oxygens (including phenoxy) is 1. The largest absolute Gasteiger partial charge is 0.453 e. The number of hydrogen-bond donors (Lipinski definition) is 1. The van der Waals surface area contributed by atoms with Crippen LogP contribution in [0.1, 0.15) is 0 Å². The number of benzene rings is 1. The van der Waals surface area contributed by atoms with Crippen molar-refractivity contribution in [3.05, 3.63) is 28.7 Å². The van der Waals surface area contributed by atoms with Gasteiger partial charge in [0.25, 0.3) is 0 Å². The van der Waals surface area contributed by atoms with E-state index in [9.17, 15) is 13.2 Å². The molecule has 0 unspecified atom stereocenters. The lowest BCUT2D eigenvalue weighted by molar-refractivity contribution is 0.0918. The van der Waals surface area contributed by atoms with Crippen LogP contribution in [-0.4, -0.2) is 70.7 Å². The minimum absolute atomic E-state index is 0.246. The van der Waals surface area contributed by atoms with Gasteiger partial charge in [-0.25, -0.2) is 17.9 Å². The molecule has 1 amide bonds. The van der Waals surface area contributed by atoms with Gasteiger partial charge in [0.2, 0.25) is 10.0 Å². The average Bonchev–Trinajstić information content (AvgIpc) is 2.55. The Bertz CT molecular complexity index is 628. The van der Waals surface area contributed by atoms with Crippen molar-refractivity contribution in [2.45, 2.75) is 4.90 Å². The summed E-state index contributed by atoms with van der Waals surface area (Å²) in [6, 6.07) is 6.50. The first-order valence-electron chi connectivity index (χ1n) is 7.23. The topological polar surface area (TPSA) is 79.0 Å². The zero-order valence-corrected chi connectivity index (χ0v) is 15.3. The van der Waals surface area contributed by atoms with Crippen LogP contribution in [0.3, 0.4) is 0 Å². The molecule has 0 saturated carbocycles. The molecule has 0 atom stereocenters. The number of halogens is 1. The Labute approximate surface area is 144 Å². The van der Waals surface area contributed by atoms with Gasteiger partial charge < -0.3 is 9.64 Å². The Kier molecular flexibility index (Phi) is 6.40. The number of piperazine rings is 1. The molecule has 2 rings (SSSR count). The van der Waals surface area contributed by atoms with Crippen molar-refractivity contribution in [2.24, 2.45) is 0 Å². The molecule has 1 aliphatic heterocycles. The maximum absolute atomic E-state index is 12.2. The van der Waals surface area contributed by atoms with Gasteiger partial charge in [-0.05, 0) is 24.3 Å². The van der Waals surface area contributed by atoms with Crippen LogP contribution in [0.2, 0.25) is 0 Å². The van der Waals surface area contributed by atoms with E-state index in [1.807, 2.05) is 0 Å². The zero-order chi connectivity index (χ0) is 16.9. The second kappa shape index (κ2) is 8.09. The van der Waals surface area contributed by atoms with Crippen LogP contribution in [0.5, 0.6) is 0 Å². The first-order chi connectivity index (χ1) is 10.9. The zero-order valence-electron chi connectivity index (χ0n) is 12.9. The molecule has 0 aliphatic carbocycles. The van der Waals surface area contributed by atoms with E-state index in [0.717, 1.165) is 4.47 Å². The smallest absolute Gasteiger partial charge is 0.409 e. The third-order valence-electron chi connectivity index (χ3n) is 3.65. The molecule has 0 spiro atoms. The molecule has 1 aromatic carbocycles. The maximum Gasteiger partial charge on any atom is 0.409 e. The van der Waals surface area contributed by atoms with Gasteiger partial charge in [0.05, 0.1) is 12.0 Å². The highest BCUT2D eigenvalue weighted by Crippen LogP contribution is 2.14. The number of hydrogen-bond acceptors (Lipinski definition) is 5. The Morgan fingerprint density at radius 2 is 1.83 bits per heavy atom. The normalized spacial score (nSPS) is 16.3. The van der Waals surface area contributed by atoms with Gasteiger partial charge in [-0.3, -0.25) is 4.90 Å². The second-order valence-corrected chi connectivity index (χ2v) is 7.83. The first-order valence-corrected chi connectivity index (χ1v) is 9.50. The van der Waals surface area contributed by atoms with Crippen molar-refractivity contribution in [1.29, 1.82) is 0 Å². The van der Waals surface area contributed by atoms with Crippen LogP contribution >= 0.6 is 15.9 Å². The molecule has 1 heterocycles. The van der Waals surface area contributed by atoms with E-state index in [4.69, 9.17) is 0 Å². The molecular weight excluding hydrogens is 386 g/mol. The number of nitrogens with one attached hydrogen (secondary N) is 1. The molecule has 7 nitrogen and oxygen atoms in total. The molecule has 0 radical (unpaired) electrons. The summed E-state index contributed by atoms with van der Waals surface area (Å²) in [4.78, 5) is 15.4. The standard InChI is InChI=1S/C14H20BrN3O4S/c1-22-14(19)18-10-8-17(9-11-18)7-6-16-23(20,21)13-4-2-12(15)3-5-13/h2-5,16H,6-11H2,1H3. The number of rotatable bonds is 5. The predicted molar refractivity (Wildman–Crippen MR) is 89.7 cm³/mol. The average molecular weight is 406 g/mol. The highest BCUT2D eigenvalue weighted by atomic mass is 79.9. The summed E-state index contributed by atoms with van der Waals surface area (Å²) >= 11 is 3.28. The number of carbonyl (C=O) groups excluding carboxylic acids is 1. The Morgan fingerprint density at radius 1 is 1.22 bits per heavy atom. The molecule has 23 heavy (non-hydrogen) atoms. The Balaban J connectivity index is 1.77. The predicted octanol–water partition coefficient (Wildman–Crippen LogP) is 1.11. The molecule has 128 valence electrons. The fourth-order valence-corrected chi connectivity index (χ4v) is 3.60. The van der Waals surface area contributed by atoms with Crippen molar-refractivity contribution in [2.75, 3.05) is 46.4 Å². The Morgan fingerprint density at radius 3 is 2.39 bits per heavy atom. The molecule has 1 aromatic rings. The van der Waals surface area contributed by atoms with E-state index in [1.165, 1.54) is 7.11 Å². The number of amides is 1. The van der Waals surface area contributed by atoms with Crippen molar-refractivity contribution in [3.63, 3.8) is 0 Å². The maximum atomic E-state index is 12.2. The van der Waals surface area contributed by atoms with Crippen LogP contribution in [0.25, 0.3) is 0 Å². The summed E-state index contributed by atoms with van der Waals surface area (Å²) in [5.74, 6) is 0. The highest BCUT2D eigenvalue weighted by Gasteiger charge is 2.21. The summed E-state index contributed by atoms with van der Waals surface area (Å²) in [5.41, 5.74) is 0. The van der Waals surface area contributed by atoms with E-state index < -0.39 is 10.0 Å². The number of methoxy groups -OCH3 is 1. The van der Waals surface area contributed by atoms with Gasteiger partial charge in [0.15, 0.2) is 0 Å². The fourth-order valence-electron chi connectivity index (χ4n) is 2.32. The second-order valence-electron chi connectivity index (χ2n) is 5.15. The summed E-state index contributed by atoms with van der Waals surface area (Å²) in [6.07, 6.45) is -0.319. The minimum Gasteiger partial charge on any atom is -0.453 e. The summed E-state index contributed by atoms with van der Waals surface area (Å²) in [7, 11) is -2.12. The van der Waals surface area contributed by atoms with E-state index in [0.29, 0.717) is 39.3 Å². The third kappa shape index (κ3) is 5.17. The van der Waals surface area contributed by atoms with Crippen molar-refractivity contribution < 1.29 is 17.9 Å². The van der Waals surface area contributed by atoms with Crippen molar-refractivity contribution in [3.8, 4) is 0 Å². The van der Waals surface area contributed by atoms with Gasteiger partial charge in [-0.15, -0.1) is 0 Å². The lowest BCUT2D eigenvalue weighted by Crippen LogP contribution is -2.50. The van der Waals surface area contributed by atoms with Crippen LogP contribution in [-0.2, 0) is 14.8 Å².